The lowest BCUT2D eigenvalue weighted by atomic mass is 9.95. The molecular formula is C14H26N2O3. The zero-order valence-electron chi connectivity index (χ0n) is 12.2. The Hall–Kier alpha value is -1.10. The Labute approximate surface area is 115 Å². The summed E-state index contributed by atoms with van der Waals surface area (Å²) in [6.45, 7) is 6.44. The van der Waals surface area contributed by atoms with Crippen LogP contribution in [0.3, 0.4) is 0 Å². The number of carbonyl (C=O) groups excluding carboxylic acids is 1. The van der Waals surface area contributed by atoms with Crippen LogP contribution in [-0.4, -0.2) is 48.6 Å². The van der Waals surface area contributed by atoms with Crippen LogP contribution in [0.2, 0.25) is 0 Å². The number of hydrogen-bond donors (Lipinski definition) is 2. The summed E-state index contributed by atoms with van der Waals surface area (Å²) in [5, 5.41) is 12.1. The number of carboxylic acid groups (broad SMARTS) is 1. The van der Waals surface area contributed by atoms with Crippen molar-refractivity contribution in [3.05, 3.63) is 0 Å². The predicted octanol–water partition coefficient (Wildman–Crippen LogP) is 1.19. The van der Waals surface area contributed by atoms with Crippen molar-refractivity contribution in [2.45, 2.75) is 33.1 Å². The molecule has 19 heavy (non-hydrogen) atoms. The highest BCUT2D eigenvalue weighted by Gasteiger charge is 2.41. The molecule has 0 heterocycles. The molecule has 0 aromatic carbocycles. The Morgan fingerprint density at radius 2 is 1.89 bits per heavy atom. The van der Waals surface area contributed by atoms with Crippen LogP contribution in [0.4, 0.5) is 0 Å². The van der Waals surface area contributed by atoms with Crippen molar-refractivity contribution in [1.82, 2.24) is 10.2 Å². The number of likely N-dealkylation sites (N-methyl/N-ethyl adjacent to an activating group) is 1. The van der Waals surface area contributed by atoms with E-state index in [1.807, 2.05) is 7.05 Å². The largest absolute Gasteiger partial charge is 0.481 e. The van der Waals surface area contributed by atoms with E-state index in [4.69, 9.17) is 0 Å². The zero-order valence-corrected chi connectivity index (χ0v) is 12.2. The molecule has 1 amide bonds. The molecule has 1 rings (SSSR count). The molecule has 1 saturated carbocycles. The number of carboxylic acids is 1. The Kier molecular flexibility index (Phi) is 6.28. The first-order chi connectivity index (χ1) is 8.99. The first kappa shape index (κ1) is 16.0. The molecule has 3 atom stereocenters. The lowest BCUT2D eigenvalue weighted by Crippen LogP contribution is -2.39. The maximum atomic E-state index is 12.1. The third-order valence-corrected chi connectivity index (χ3v) is 4.22. The molecule has 2 N–H and O–H groups in total. The van der Waals surface area contributed by atoms with Gasteiger partial charge in [0, 0.05) is 13.1 Å². The van der Waals surface area contributed by atoms with Crippen LogP contribution in [-0.2, 0) is 9.59 Å². The van der Waals surface area contributed by atoms with E-state index in [0.29, 0.717) is 25.3 Å². The van der Waals surface area contributed by atoms with Crippen molar-refractivity contribution in [2.75, 3.05) is 26.7 Å². The fraction of sp³-hybridized carbons (Fsp3) is 0.857. The van der Waals surface area contributed by atoms with E-state index in [0.717, 1.165) is 19.5 Å². The van der Waals surface area contributed by atoms with Gasteiger partial charge in [-0.15, -0.1) is 0 Å². The fourth-order valence-electron chi connectivity index (χ4n) is 2.70. The van der Waals surface area contributed by atoms with Crippen LogP contribution in [0.15, 0.2) is 0 Å². The van der Waals surface area contributed by atoms with Crippen molar-refractivity contribution in [2.24, 2.45) is 17.8 Å². The van der Waals surface area contributed by atoms with Gasteiger partial charge in [-0.2, -0.15) is 0 Å². The molecule has 5 nitrogen and oxygen atoms in total. The highest BCUT2D eigenvalue weighted by Crippen LogP contribution is 2.38. The quantitative estimate of drug-likeness (QED) is 0.729. The van der Waals surface area contributed by atoms with Gasteiger partial charge in [0.1, 0.15) is 0 Å². The summed E-state index contributed by atoms with van der Waals surface area (Å²) in [5.74, 6) is -1.41. The summed E-state index contributed by atoms with van der Waals surface area (Å²) in [7, 11) is 1.99. The van der Waals surface area contributed by atoms with Gasteiger partial charge in [0.2, 0.25) is 5.91 Å². The minimum atomic E-state index is -0.832. The monoisotopic (exact) mass is 270 g/mol. The van der Waals surface area contributed by atoms with E-state index in [1.54, 1.807) is 0 Å². The van der Waals surface area contributed by atoms with Crippen LogP contribution < -0.4 is 5.32 Å². The molecule has 110 valence electrons. The lowest BCUT2D eigenvalue weighted by Gasteiger charge is -2.18. The maximum absolute atomic E-state index is 12.1. The summed E-state index contributed by atoms with van der Waals surface area (Å²) < 4.78 is 0. The van der Waals surface area contributed by atoms with Gasteiger partial charge in [-0.25, -0.2) is 0 Å². The van der Waals surface area contributed by atoms with Gasteiger partial charge < -0.3 is 15.3 Å². The highest BCUT2D eigenvalue weighted by molar-refractivity contribution is 5.85. The molecule has 0 saturated heterocycles. The zero-order chi connectivity index (χ0) is 14.4. The number of amides is 1. The van der Waals surface area contributed by atoms with Crippen LogP contribution in [0.1, 0.15) is 33.1 Å². The second-order valence-corrected chi connectivity index (χ2v) is 5.48. The first-order valence-corrected chi connectivity index (χ1v) is 7.18. The summed E-state index contributed by atoms with van der Waals surface area (Å²) in [6.07, 6.45) is 2.30. The molecule has 1 aliphatic carbocycles. The van der Waals surface area contributed by atoms with Crippen molar-refractivity contribution >= 4 is 11.9 Å². The van der Waals surface area contributed by atoms with Crippen LogP contribution in [0, 0.1) is 17.8 Å². The minimum absolute atomic E-state index is 0.0900. The van der Waals surface area contributed by atoms with Crippen LogP contribution >= 0.6 is 0 Å². The molecular weight excluding hydrogens is 244 g/mol. The Morgan fingerprint density at radius 1 is 1.26 bits per heavy atom. The Morgan fingerprint density at radius 3 is 2.42 bits per heavy atom. The molecule has 5 heteroatoms. The normalized spacial score (nSPS) is 26.6. The summed E-state index contributed by atoms with van der Waals surface area (Å²) in [4.78, 5) is 25.4. The number of hydrogen-bond acceptors (Lipinski definition) is 3. The SMILES string of the molecule is CCC1C[C@H](C(=O)NCCN(C)CC)[C@H](C(=O)O)C1. The fourth-order valence-corrected chi connectivity index (χ4v) is 2.70. The smallest absolute Gasteiger partial charge is 0.307 e. The van der Waals surface area contributed by atoms with E-state index >= 15 is 0 Å². The van der Waals surface area contributed by atoms with Gasteiger partial charge in [0.15, 0.2) is 0 Å². The molecule has 1 fully saturated rings. The van der Waals surface area contributed by atoms with Gasteiger partial charge in [-0.05, 0) is 32.4 Å². The number of carbonyl (C=O) groups is 2. The molecule has 1 aliphatic rings. The molecule has 0 bridgehead atoms. The number of aliphatic carboxylic acids is 1. The summed E-state index contributed by atoms with van der Waals surface area (Å²) in [6, 6.07) is 0. The number of nitrogens with zero attached hydrogens (tertiary/aromatic N) is 1. The van der Waals surface area contributed by atoms with Crippen LogP contribution in [0.25, 0.3) is 0 Å². The minimum Gasteiger partial charge on any atom is -0.481 e. The number of rotatable bonds is 7. The second kappa shape index (κ2) is 7.48. The van der Waals surface area contributed by atoms with E-state index < -0.39 is 11.9 Å². The highest BCUT2D eigenvalue weighted by atomic mass is 16.4. The van der Waals surface area contributed by atoms with Crippen molar-refractivity contribution in [1.29, 1.82) is 0 Å². The summed E-state index contributed by atoms with van der Waals surface area (Å²) in [5.41, 5.74) is 0. The molecule has 0 aliphatic heterocycles. The van der Waals surface area contributed by atoms with Crippen LogP contribution in [0.5, 0.6) is 0 Å². The Balaban J connectivity index is 2.47. The third kappa shape index (κ3) is 4.49. The molecule has 1 unspecified atom stereocenters. The Bertz CT molecular complexity index is 320. The van der Waals surface area contributed by atoms with E-state index in [9.17, 15) is 14.7 Å². The third-order valence-electron chi connectivity index (χ3n) is 4.22. The predicted molar refractivity (Wildman–Crippen MR) is 73.8 cm³/mol. The van der Waals surface area contributed by atoms with E-state index in [-0.39, 0.29) is 11.8 Å². The second-order valence-electron chi connectivity index (χ2n) is 5.48. The van der Waals surface area contributed by atoms with E-state index in [1.165, 1.54) is 0 Å². The van der Waals surface area contributed by atoms with Gasteiger partial charge in [0.05, 0.1) is 11.8 Å². The average Bonchev–Trinajstić information content (AvgIpc) is 2.82. The summed E-state index contributed by atoms with van der Waals surface area (Å²) >= 11 is 0. The molecule has 0 aromatic rings. The molecule has 0 aromatic heterocycles. The van der Waals surface area contributed by atoms with Crippen molar-refractivity contribution in [3.63, 3.8) is 0 Å². The topological polar surface area (TPSA) is 69.6 Å². The van der Waals surface area contributed by atoms with Crippen molar-refractivity contribution < 1.29 is 14.7 Å². The molecule has 0 radical (unpaired) electrons. The van der Waals surface area contributed by atoms with Crippen molar-refractivity contribution in [3.8, 4) is 0 Å². The standard InChI is InChI=1S/C14H26N2O3/c1-4-10-8-11(12(9-10)14(18)19)13(17)15-6-7-16(3)5-2/h10-12H,4-9H2,1-3H3,(H,15,17)(H,18,19)/t10?,11-,12+/m0/s1. The number of nitrogens with one attached hydrogen (secondary N) is 1. The maximum Gasteiger partial charge on any atom is 0.307 e. The van der Waals surface area contributed by atoms with Gasteiger partial charge in [-0.3, -0.25) is 9.59 Å². The first-order valence-electron chi connectivity index (χ1n) is 7.18. The van der Waals surface area contributed by atoms with E-state index in [2.05, 4.69) is 24.1 Å². The van der Waals surface area contributed by atoms with Gasteiger partial charge in [-0.1, -0.05) is 20.3 Å². The van der Waals surface area contributed by atoms with Gasteiger partial charge in [0.25, 0.3) is 0 Å². The molecule has 0 spiro atoms. The lowest BCUT2D eigenvalue weighted by molar-refractivity contribution is -0.146. The average molecular weight is 270 g/mol. The van der Waals surface area contributed by atoms with Gasteiger partial charge >= 0.3 is 5.97 Å².